The van der Waals surface area contributed by atoms with Crippen LogP contribution in [-0.4, -0.2) is 87.2 Å². The molecule has 0 radical (unpaired) electrons. The standard InChI is InChI=1S/C24H26N4O5.C2H2O4/c1-31-21-5-3-17-22(27-21)18(6-10-25-17)26-23(29)24(30)8-12-28(13-9-24)11-7-16-2-4-19-20(14-16)33-15-32-19;3-1(4)2(5)6/h2-6,10,14,30H,7-9,11-13,15H2,1H3,(H,25,26,29);(H,3,4)(H,5,6). The molecule has 1 aromatic carbocycles. The summed E-state index contributed by atoms with van der Waals surface area (Å²) in [7, 11) is 1.53. The average molecular weight is 541 g/mol. The quantitative estimate of drug-likeness (QED) is 0.332. The van der Waals surface area contributed by atoms with Crippen molar-refractivity contribution in [3.8, 4) is 17.4 Å². The summed E-state index contributed by atoms with van der Waals surface area (Å²) < 4.78 is 16.0. The fourth-order valence-electron chi connectivity index (χ4n) is 4.22. The predicted molar refractivity (Wildman–Crippen MR) is 137 cm³/mol. The molecule has 0 spiro atoms. The van der Waals surface area contributed by atoms with Crippen molar-refractivity contribution < 1.29 is 43.9 Å². The lowest BCUT2D eigenvalue weighted by atomic mass is 9.90. The molecule has 39 heavy (non-hydrogen) atoms. The maximum Gasteiger partial charge on any atom is 0.414 e. The van der Waals surface area contributed by atoms with E-state index in [1.807, 2.05) is 18.2 Å². The monoisotopic (exact) mass is 540 g/mol. The van der Waals surface area contributed by atoms with Crippen molar-refractivity contribution in [1.82, 2.24) is 14.9 Å². The number of piperidine rings is 1. The molecule has 4 N–H and O–H groups in total. The maximum atomic E-state index is 13.0. The predicted octanol–water partition coefficient (Wildman–Crippen LogP) is 1.53. The van der Waals surface area contributed by atoms with Crippen molar-refractivity contribution in [3.05, 3.63) is 48.2 Å². The molecule has 0 aliphatic carbocycles. The average Bonchev–Trinajstić information content (AvgIpc) is 3.41. The molecule has 1 fully saturated rings. The molecule has 0 saturated carbocycles. The van der Waals surface area contributed by atoms with Crippen LogP contribution in [0.2, 0.25) is 0 Å². The second kappa shape index (κ2) is 11.9. The summed E-state index contributed by atoms with van der Waals surface area (Å²) in [4.78, 5) is 42.1. The van der Waals surface area contributed by atoms with Crippen LogP contribution in [0, 0.1) is 0 Å². The zero-order valence-corrected chi connectivity index (χ0v) is 21.1. The number of aliphatic carboxylic acids is 2. The van der Waals surface area contributed by atoms with Crippen LogP contribution in [0.5, 0.6) is 17.4 Å². The number of pyridine rings is 2. The van der Waals surface area contributed by atoms with Gasteiger partial charge in [-0.15, -0.1) is 0 Å². The van der Waals surface area contributed by atoms with E-state index >= 15 is 0 Å². The maximum absolute atomic E-state index is 13.0. The highest BCUT2D eigenvalue weighted by Crippen LogP contribution is 2.33. The molecule has 2 aromatic heterocycles. The minimum absolute atomic E-state index is 0.268. The summed E-state index contributed by atoms with van der Waals surface area (Å²) in [6.45, 7) is 2.38. The number of benzene rings is 1. The molecule has 0 atom stereocenters. The Morgan fingerprint density at radius 1 is 1.05 bits per heavy atom. The molecular formula is C26H28N4O9. The second-order valence-corrected chi connectivity index (χ2v) is 8.96. The van der Waals surface area contributed by atoms with E-state index < -0.39 is 23.4 Å². The summed E-state index contributed by atoms with van der Waals surface area (Å²) in [5, 5.41) is 28.7. The number of hydrogen-bond acceptors (Lipinski definition) is 10. The molecule has 13 heteroatoms. The molecule has 2 aliphatic rings. The minimum Gasteiger partial charge on any atom is -0.481 e. The number of methoxy groups -OCH3 is 1. The summed E-state index contributed by atoms with van der Waals surface area (Å²) in [6, 6.07) is 11.2. The topological polar surface area (TPSA) is 181 Å². The highest BCUT2D eigenvalue weighted by molar-refractivity contribution is 6.27. The lowest BCUT2D eigenvalue weighted by Crippen LogP contribution is -2.51. The summed E-state index contributed by atoms with van der Waals surface area (Å²) in [5.41, 5.74) is 1.41. The number of hydrogen-bond donors (Lipinski definition) is 4. The Labute approximate surface area is 223 Å². The third kappa shape index (κ3) is 6.69. The second-order valence-electron chi connectivity index (χ2n) is 8.96. The first-order valence-electron chi connectivity index (χ1n) is 12.1. The van der Waals surface area contributed by atoms with Gasteiger partial charge in [-0.1, -0.05) is 6.07 Å². The van der Waals surface area contributed by atoms with Gasteiger partial charge in [-0.25, -0.2) is 14.6 Å². The van der Waals surface area contributed by atoms with Crippen molar-refractivity contribution in [1.29, 1.82) is 0 Å². The van der Waals surface area contributed by atoms with Gasteiger partial charge in [0, 0.05) is 31.9 Å². The number of fused-ring (bicyclic) bond motifs is 2. The zero-order chi connectivity index (χ0) is 28.0. The molecule has 13 nitrogen and oxygen atoms in total. The van der Waals surface area contributed by atoms with Gasteiger partial charge in [-0.3, -0.25) is 9.78 Å². The van der Waals surface area contributed by atoms with Gasteiger partial charge in [-0.05, 0) is 49.1 Å². The Morgan fingerprint density at radius 2 is 1.77 bits per heavy atom. The smallest absolute Gasteiger partial charge is 0.414 e. The van der Waals surface area contributed by atoms with E-state index in [1.165, 1.54) is 12.7 Å². The van der Waals surface area contributed by atoms with E-state index in [2.05, 4.69) is 20.2 Å². The van der Waals surface area contributed by atoms with Crippen LogP contribution in [0.3, 0.4) is 0 Å². The van der Waals surface area contributed by atoms with Crippen LogP contribution in [0.1, 0.15) is 18.4 Å². The summed E-state index contributed by atoms with van der Waals surface area (Å²) in [6.07, 6.45) is 3.19. The normalized spacial score (nSPS) is 15.6. The highest BCUT2D eigenvalue weighted by atomic mass is 16.7. The Balaban J connectivity index is 0.000000531. The van der Waals surface area contributed by atoms with Gasteiger partial charge in [0.25, 0.3) is 5.91 Å². The number of carboxylic acid groups (broad SMARTS) is 2. The van der Waals surface area contributed by atoms with Gasteiger partial charge in [-0.2, -0.15) is 0 Å². The van der Waals surface area contributed by atoms with E-state index in [0.717, 1.165) is 24.5 Å². The number of amides is 1. The van der Waals surface area contributed by atoms with Crippen molar-refractivity contribution in [2.45, 2.75) is 24.9 Å². The number of rotatable bonds is 6. The number of nitrogens with one attached hydrogen (secondary N) is 1. The van der Waals surface area contributed by atoms with Crippen LogP contribution in [-0.2, 0) is 20.8 Å². The van der Waals surface area contributed by atoms with Gasteiger partial charge < -0.3 is 39.7 Å². The van der Waals surface area contributed by atoms with Gasteiger partial charge in [0.2, 0.25) is 12.7 Å². The van der Waals surface area contributed by atoms with Crippen LogP contribution >= 0.6 is 0 Å². The SMILES string of the molecule is COc1ccc2nccc(NC(=O)C3(O)CCN(CCc4ccc5c(c4)OCO5)CC3)c2n1.O=C(O)C(=O)O. The molecule has 0 bridgehead atoms. The third-order valence-electron chi connectivity index (χ3n) is 6.46. The first-order valence-corrected chi connectivity index (χ1v) is 12.1. The van der Waals surface area contributed by atoms with Crippen molar-refractivity contribution in [2.75, 3.05) is 38.9 Å². The van der Waals surface area contributed by atoms with Crippen molar-refractivity contribution >= 4 is 34.6 Å². The third-order valence-corrected chi connectivity index (χ3v) is 6.46. The van der Waals surface area contributed by atoms with E-state index in [4.69, 9.17) is 34.0 Å². The number of likely N-dealkylation sites (tertiary alicyclic amines) is 1. The van der Waals surface area contributed by atoms with Crippen LogP contribution in [0.15, 0.2) is 42.6 Å². The Kier molecular flexibility index (Phi) is 8.42. The molecule has 206 valence electrons. The fraction of sp³-hybridized carbons (Fsp3) is 0.346. The Hall–Kier alpha value is -4.49. The van der Waals surface area contributed by atoms with Gasteiger partial charge in [0.15, 0.2) is 11.5 Å². The Bertz CT molecular complexity index is 1360. The molecular weight excluding hydrogens is 512 g/mol. The molecule has 2 aliphatic heterocycles. The van der Waals surface area contributed by atoms with E-state index in [-0.39, 0.29) is 6.79 Å². The summed E-state index contributed by atoms with van der Waals surface area (Å²) in [5.74, 6) is -2.07. The molecule has 1 saturated heterocycles. The largest absolute Gasteiger partial charge is 0.481 e. The van der Waals surface area contributed by atoms with Crippen LogP contribution in [0.25, 0.3) is 11.0 Å². The van der Waals surface area contributed by atoms with E-state index in [0.29, 0.717) is 48.5 Å². The molecule has 5 rings (SSSR count). The first kappa shape index (κ1) is 27.5. The number of aromatic nitrogens is 2. The number of carboxylic acids is 2. The molecule has 1 amide bonds. The molecule has 3 aromatic rings. The number of aliphatic hydroxyl groups is 1. The van der Waals surface area contributed by atoms with Gasteiger partial charge in [0.1, 0.15) is 11.1 Å². The zero-order valence-electron chi connectivity index (χ0n) is 21.1. The minimum atomic E-state index is -1.82. The fourth-order valence-corrected chi connectivity index (χ4v) is 4.22. The highest BCUT2D eigenvalue weighted by Gasteiger charge is 2.39. The number of nitrogens with zero attached hydrogens (tertiary/aromatic N) is 3. The van der Waals surface area contributed by atoms with Crippen molar-refractivity contribution in [2.24, 2.45) is 0 Å². The number of anilines is 1. The van der Waals surface area contributed by atoms with Crippen LogP contribution in [0.4, 0.5) is 5.69 Å². The van der Waals surface area contributed by atoms with Gasteiger partial charge >= 0.3 is 11.9 Å². The first-order chi connectivity index (χ1) is 18.7. The lowest BCUT2D eigenvalue weighted by molar-refractivity contribution is -0.159. The number of carbonyl (C=O) groups excluding carboxylic acids is 1. The number of carbonyl (C=O) groups is 3. The molecule has 4 heterocycles. The van der Waals surface area contributed by atoms with Gasteiger partial charge in [0.05, 0.1) is 18.3 Å². The number of ether oxygens (including phenoxy) is 3. The summed E-state index contributed by atoms with van der Waals surface area (Å²) >= 11 is 0. The van der Waals surface area contributed by atoms with E-state index in [1.54, 1.807) is 24.4 Å². The lowest BCUT2D eigenvalue weighted by Gasteiger charge is -2.37. The van der Waals surface area contributed by atoms with E-state index in [9.17, 15) is 9.90 Å². The van der Waals surface area contributed by atoms with Crippen molar-refractivity contribution in [3.63, 3.8) is 0 Å². The molecule has 0 unspecified atom stereocenters. The Morgan fingerprint density at radius 3 is 2.46 bits per heavy atom. The van der Waals surface area contributed by atoms with Crippen LogP contribution < -0.4 is 19.5 Å².